The summed E-state index contributed by atoms with van der Waals surface area (Å²) < 4.78 is 40.0. The molecule has 0 aliphatic carbocycles. The van der Waals surface area contributed by atoms with Gasteiger partial charge < -0.3 is 5.32 Å². The summed E-state index contributed by atoms with van der Waals surface area (Å²) >= 11 is 0. The molecular formula is C13H20ClFN2O2S. The van der Waals surface area contributed by atoms with Gasteiger partial charge in [0.1, 0.15) is 10.7 Å². The van der Waals surface area contributed by atoms with E-state index in [9.17, 15) is 12.8 Å². The highest BCUT2D eigenvalue weighted by atomic mass is 35.5. The molecule has 1 aliphatic heterocycles. The number of sulfonamides is 1. The van der Waals surface area contributed by atoms with Gasteiger partial charge in [0.05, 0.1) is 0 Å². The summed E-state index contributed by atoms with van der Waals surface area (Å²) in [5, 5.41) is 3.05. The maximum atomic E-state index is 13.7. The number of benzene rings is 1. The Morgan fingerprint density at radius 1 is 1.45 bits per heavy atom. The normalized spacial score (nSPS) is 19.9. The third kappa shape index (κ3) is 3.49. The highest BCUT2D eigenvalue weighted by Gasteiger charge is 2.33. The van der Waals surface area contributed by atoms with Gasteiger partial charge in [-0.3, -0.25) is 0 Å². The minimum atomic E-state index is -3.71. The molecule has 1 aromatic rings. The maximum Gasteiger partial charge on any atom is 0.246 e. The van der Waals surface area contributed by atoms with E-state index in [0.29, 0.717) is 19.0 Å². The van der Waals surface area contributed by atoms with Gasteiger partial charge in [-0.2, -0.15) is 4.31 Å². The van der Waals surface area contributed by atoms with Crippen LogP contribution in [0.4, 0.5) is 4.39 Å². The van der Waals surface area contributed by atoms with Crippen LogP contribution in [0.15, 0.2) is 23.1 Å². The number of hydrogen-bond acceptors (Lipinski definition) is 3. The van der Waals surface area contributed by atoms with Gasteiger partial charge in [0.2, 0.25) is 10.0 Å². The molecule has 20 heavy (non-hydrogen) atoms. The lowest BCUT2D eigenvalue weighted by atomic mass is 10.1. The Balaban J connectivity index is 0.00000200. The number of nitrogens with zero attached hydrogens (tertiary/aromatic N) is 1. The van der Waals surface area contributed by atoms with Crippen molar-refractivity contribution in [1.29, 1.82) is 0 Å². The fraction of sp³-hybridized carbons (Fsp3) is 0.538. The van der Waals surface area contributed by atoms with Crippen LogP contribution in [0.2, 0.25) is 0 Å². The summed E-state index contributed by atoms with van der Waals surface area (Å²) in [5.74, 6) is -0.379. The molecule has 1 N–H and O–H groups in total. The Labute approximate surface area is 125 Å². The van der Waals surface area contributed by atoms with Crippen LogP contribution in [0, 0.1) is 18.7 Å². The lowest BCUT2D eigenvalue weighted by Gasteiger charge is -2.17. The largest absolute Gasteiger partial charge is 0.319 e. The fourth-order valence-corrected chi connectivity index (χ4v) is 4.10. The predicted molar refractivity (Wildman–Crippen MR) is 79.2 cm³/mol. The molecule has 1 aromatic carbocycles. The van der Waals surface area contributed by atoms with E-state index < -0.39 is 15.8 Å². The first-order chi connectivity index (χ1) is 8.95. The summed E-state index contributed by atoms with van der Waals surface area (Å²) in [6, 6.07) is 4.18. The molecule has 0 amide bonds. The molecule has 0 spiro atoms. The Hall–Kier alpha value is -0.690. The second-order valence-corrected chi connectivity index (χ2v) is 6.92. The maximum absolute atomic E-state index is 13.7. The number of halogens is 2. The van der Waals surface area contributed by atoms with Gasteiger partial charge in [0, 0.05) is 13.1 Å². The van der Waals surface area contributed by atoms with E-state index in [1.807, 2.05) is 7.05 Å². The van der Waals surface area contributed by atoms with Crippen molar-refractivity contribution in [3.8, 4) is 0 Å². The van der Waals surface area contributed by atoms with Gasteiger partial charge in [0.15, 0.2) is 0 Å². The first-order valence-electron chi connectivity index (χ1n) is 6.36. The molecule has 2 rings (SSSR count). The summed E-state index contributed by atoms with van der Waals surface area (Å²) in [6.07, 6.45) is 0.813. The summed E-state index contributed by atoms with van der Waals surface area (Å²) in [5.41, 5.74) is 0.742. The molecule has 0 aromatic heterocycles. The molecule has 1 aliphatic rings. The molecule has 1 heterocycles. The third-order valence-corrected chi connectivity index (χ3v) is 5.33. The Morgan fingerprint density at radius 3 is 2.80 bits per heavy atom. The van der Waals surface area contributed by atoms with Gasteiger partial charge in [-0.1, -0.05) is 6.07 Å². The Bertz CT molecular complexity index is 565. The van der Waals surface area contributed by atoms with Crippen LogP contribution >= 0.6 is 12.4 Å². The Morgan fingerprint density at radius 2 is 2.15 bits per heavy atom. The van der Waals surface area contributed by atoms with E-state index in [1.54, 1.807) is 13.0 Å². The van der Waals surface area contributed by atoms with Gasteiger partial charge in [-0.05, 0) is 50.6 Å². The molecule has 4 nitrogen and oxygen atoms in total. The number of hydrogen-bond donors (Lipinski definition) is 1. The van der Waals surface area contributed by atoms with E-state index in [2.05, 4.69) is 5.32 Å². The molecule has 1 saturated heterocycles. The van der Waals surface area contributed by atoms with E-state index in [0.717, 1.165) is 18.5 Å². The molecule has 1 fully saturated rings. The van der Waals surface area contributed by atoms with Crippen molar-refractivity contribution >= 4 is 22.4 Å². The van der Waals surface area contributed by atoms with Crippen molar-refractivity contribution in [2.45, 2.75) is 18.2 Å². The van der Waals surface area contributed by atoms with Crippen molar-refractivity contribution in [1.82, 2.24) is 9.62 Å². The van der Waals surface area contributed by atoms with Gasteiger partial charge in [0.25, 0.3) is 0 Å². The average molecular weight is 323 g/mol. The van der Waals surface area contributed by atoms with E-state index >= 15 is 0 Å². The zero-order valence-corrected chi connectivity index (χ0v) is 13.2. The minimum Gasteiger partial charge on any atom is -0.319 e. The topological polar surface area (TPSA) is 49.4 Å². The monoisotopic (exact) mass is 322 g/mol. The van der Waals surface area contributed by atoms with Crippen LogP contribution < -0.4 is 5.32 Å². The standard InChI is InChI=1S/C13H19FN2O2S.ClH/c1-10-3-4-12(14)13(7-10)19(17,18)16-6-5-11(9-16)8-15-2;/h3-4,7,11,15H,5-6,8-9H2,1-2H3;1H. The quantitative estimate of drug-likeness (QED) is 0.919. The third-order valence-electron chi connectivity index (χ3n) is 3.45. The van der Waals surface area contributed by atoms with Crippen LogP contribution in [0.3, 0.4) is 0 Å². The molecule has 114 valence electrons. The number of rotatable bonds is 4. The summed E-state index contributed by atoms with van der Waals surface area (Å²) in [4.78, 5) is -0.211. The zero-order valence-electron chi connectivity index (χ0n) is 11.6. The highest BCUT2D eigenvalue weighted by Crippen LogP contribution is 2.26. The minimum absolute atomic E-state index is 0. The highest BCUT2D eigenvalue weighted by molar-refractivity contribution is 7.89. The molecule has 7 heteroatoms. The molecule has 0 saturated carbocycles. The summed E-state index contributed by atoms with van der Waals surface area (Å²) in [7, 11) is -1.87. The van der Waals surface area contributed by atoms with Crippen molar-refractivity contribution < 1.29 is 12.8 Å². The second-order valence-electron chi connectivity index (χ2n) is 5.01. The molecule has 1 atom stereocenters. The fourth-order valence-electron chi connectivity index (χ4n) is 2.42. The van der Waals surface area contributed by atoms with Crippen LogP contribution in [0.5, 0.6) is 0 Å². The molecule has 0 bridgehead atoms. The van der Waals surface area contributed by atoms with Gasteiger partial charge >= 0.3 is 0 Å². The van der Waals surface area contributed by atoms with E-state index in [-0.39, 0.29) is 17.3 Å². The molecule has 1 unspecified atom stereocenters. The zero-order chi connectivity index (χ0) is 14.0. The van der Waals surface area contributed by atoms with Crippen molar-refractivity contribution in [2.24, 2.45) is 5.92 Å². The molecule has 0 radical (unpaired) electrons. The lowest BCUT2D eigenvalue weighted by Crippen LogP contribution is -2.31. The van der Waals surface area contributed by atoms with Gasteiger partial charge in [-0.15, -0.1) is 12.4 Å². The van der Waals surface area contributed by atoms with Crippen LogP contribution in [0.25, 0.3) is 0 Å². The average Bonchev–Trinajstić information content (AvgIpc) is 2.82. The van der Waals surface area contributed by atoms with Crippen LogP contribution in [0.1, 0.15) is 12.0 Å². The van der Waals surface area contributed by atoms with Crippen LogP contribution in [-0.4, -0.2) is 39.4 Å². The first-order valence-corrected chi connectivity index (χ1v) is 7.80. The second kappa shape index (κ2) is 6.85. The van der Waals surface area contributed by atoms with E-state index in [4.69, 9.17) is 0 Å². The van der Waals surface area contributed by atoms with Crippen molar-refractivity contribution in [2.75, 3.05) is 26.7 Å². The molecular weight excluding hydrogens is 303 g/mol. The van der Waals surface area contributed by atoms with Crippen molar-refractivity contribution in [3.63, 3.8) is 0 Å². The first kappa shape index (κ1) is 17.4. The van der Waals surface area contributed by atoms with Crippen LogP contribution in [-0.2, 0) is 10.0 Å². The number of nitrogens with one attached hydrogen (secondary N) is 1. The van der Waals surface area contributed by atoms with E-state index in [1.165, 1.54) is 16.4 Å². The Kier molecular flexibility index (Phi) is 5.94. The smallest absolute Gasteiger partial charge is 0.246 e. The van der Waals surface area contributed by atoms with Gasteiger partial charge in [-0.25, -0.2) is 12.8 Å². The lowest BCUT2D eigenvalue weighted by molar-refractivity contribution is 0.446. The SMILES string of the molecule is CNCC1CCN(S(=O)(=O)c2cc(C)ccc2F)C1.Cl. The predicted octanol–water partition coefficient (Wildman–Crippen LogP) is 1.79. The van der Waals surface area contributed by atoms with Crippen molar-refractivity contribution in [3.05, 3.63) is 29.6 Å². The summed E-state index contributed by atoms with van der Waals surface area (Å²) in [6.45, 7) is 3.45. The number of aryl methyl sites for hydroxylation is 1.